The van der Waals surface area contributed by atoms with E-state index < -0.39 is 0 Å². The van der Waals surface area contributed by atoms with Crippen molar-refractivity contribution in [3.05, 3.63) is 20.9 Å². The van der Waals surface area contributed by atoms with Gasteiger partial charge in [-0.3, -0.25) is 0 Å². The maximum Gasteiger partial charge on any atom is 0.0701 e. The molecule has 24 heavy (non-hydrogen) atoms. The third-order valence-corrected chi connectivity index (χ3v) is 2.15. The van der Waals surface area contributed by atoms with Gasteiger partial charge in [0.1, 0.15) is 0 Å². The minimum Gasteiger partial charge on any atom is -0.394 e. The number of nitrogens with zero attached hydrogens (tertiary/aromatic N) is 6. The Labute approximate surface area is 146 Å². The van der Waals surface area contributed by atoms with Gasteiger partial charge in [0.2, 0.25) is 0 Å². The zero-order valence-corrected chi connectivity index (χ0v) is 14.4. The lowest BCUT2D eigenvalue weighted by Gasteiger charge is -2.02. The van der Waals surface area contributed by atoms with Gasteiger partial charge >= 0.3 is 0 Å². The summed E-state index contributed by atoms with van der Waals surface area (Å²) >= 11 is 5.36. The number of rotatable bonds is 16. The van der Waals surface area contributed by atoms with Crippen LogP contribution in [-0.4, -0.2) is 83.5 Å². The van der Waals surface area contributed by atoms with Crippen molar-refractivity contribution in [2.45, 2.75) is 0 Å². The molecular weight excluding hydrogens is 344 g/mol. The molecule has 0 atom stereocenters. The zero-order chi connectivity index (χ0) is 18.1. The largest absolute Gasteiger partial charge is 0.394 e. The van der Waals surface area contributed by atoms with Gasteiger partial charge in [-0.2, -0.15) is 0 Å². The van der Waals surface area contributed by atoms with Crippen LogP contribution in [0.5, 0.6) is 0 Å². The Hall–Kier alpha value is -1.29. The number of hydrogen-bond donors (Lipinski definition) is 1. The van der Waals surface area contributed by atoms with E-state index in [9.17, 15) is 0 Å². The molecular formula is C12H25ClN6O5. The maximum atomic E-state index is 8.32. The number of azide groups is 2. The van der Waals surface area contributed by atoms with Crippen molar-refractivity contribution in [1.29, 1.82) is 0 Å². The van der Waals surface area contributed by atoms with Crippen molar-refractivity contribution >= 4 is 11.6 Å². The Morgan fingerprint density at radius 1 is 0.708 bits per heavy atom. The van der Waals surface area contributed by atoms with Gasteiger partial charge in [0.25, 0.3) is 0 Å². The van der Waals surface area contributed by atoms with Crippen LogP contribution in [0.4, 0.5) is 0 Å². The molecule has 0 saturated heterocycles. The fourth-order valence-electron chi connectivity index (χ4n) is 1.06. The summed E-state index contributed by atoms with van der Waals surface area (Å²) in [7, 11) is 0. The molecule has 12 heteroatoms. The standard InChI is InChI=1S/C6H12ClN3O2.C6H13N3O3/c7-1-3-11-5-6-12-4-2-9-10-8;7-9-8-1-3-11-5-6-12-4-2-10/h1-6H2;10H,1-6H2. The van der Waals surface area contributed by atoms with Crippen molar-refractivity contribution in [3.8, 4) is 0 Å². The van der Waals surface area contributed by atoms with Crippen LogP contribution in [0.1, 0.15) is 0 Å². The molecule has 0 aliphatic rings. The summed E-state index contributed by atoms with van der Waals surface area (Å²) in [5.74, 6) is 0.499. The number of aliphatic hydroxyl groups is 1. The first-order chi connectivity index (χ1) is 11.8. The van der Waals surface area contributed by atoms with Crippen LogP contribution in [0.3, 0.4) is 0 Å². The van der Waals surface area contributed by atoms with Gasteiger partial charge < -0.3 is 24.1 Å². The lowest BCUT2D eigenvalue weighted by Crippen LogP contribution is -2.08. The number of alkyl halides is 1. The van der Waals surface area contributed by atoms with Crippen molar-refractivity contribution in [2.75, 3.05) is 78.4 Å². The predicted molar refractivity (Wildman–Crippen MR) is 89.1 cm³/mol. The Balaban J connectivity index is 0. The Morgan fingerprint density at radius 2 is 1.12 bits per heavy atom. The first kappa shape index (κ1) is 25.0. The molecule has 0 rings (SSSR count). The summed E-state index contributed by atoms with van der Waals surface area (Å²) in [6.07, 6.45) is 0. The molecule has 0 aliphatic heterocycles. The van der Waals surface area contributed by atoms with Crippen LogP contribution in [0, 0.1) is 0 Å². The van der Waals surface area contributed by atoms with Crippen molar-refractivity contribution in [1.82, 2.24) is 0 Å². The van der Waals surface area contributed by atoms with E-state index in [-0.39, 0.29) is 6.61 Å². The highest BCUT2D eigenvalue weighted by Gasteiger charge is 1.88. The quantitative estimate of drug-likeness (QED) is 0.145. The zero-order valence-electron chi connectivity index (χ0n) is 13.6. The Bertz CT molecular complexity index is 308. The van der Waals surface area contributed by atoms with Gasteiger partial charge in [-0.25, -0.2) is 0 Å². The van der Waals surface area contributed by atoms with Gasteiger partial charge in [0.05, 0.1) is 59.5 Å². The molecule has 0 radical (unpaired) electrons. The molecule has 0 heterocycles. The topological polar surface area (TPSA) is 155 Å². The van der Waals surface area contributed by atoms with E-state index in [2.05, 4.69) is 20.1 Å². The maximum absolute atomic E-state index is 8.32. The fraction of sp³-hybridized carbons (Fsp3) is 1.00. The van der Waals surface area contributed by atoms with E-state index in [1.807, 2.05) is 0 Å². The average molecular weight is 369 g/mol. The van der Waals surface area contributed by atoms with Gasteiger partial charge in [-0.1, -0.05) is 10.2 Å². The van der Waals surface area contributed by atoms with Crippen molar-refractivity contribution < 1.29 is 24.1 Å². The second-order valence-corrected chi connectivity index (χ2v) is 4.15. The summed E-state index contributed by atoms with van der Waals surface area (Å²) in [5.41, 5.74) is 15.8. The molecule has 0 fully saturated rings. The minimum atomic E-state index is 0.0265. The summed E-state index contributed by atoms with van der Waals surface area (Å²) in [4.78, 5) is 5.14. The fourth-order valence-corrected chi connectivity index (χ4v) is 1.17. The van der Waals surface area contributed by atoms with Crippen LogP contribution in [0.25, 0.3) is 20.9 Å². The van der Waals surface area contributed by atoms with E-state index in [1.54, 1.807) is 0 Å². The molecule has 0 saturated carbocycles. The van der Waals surface area contributed by atoms with Crippen LogP contribution >= 0.6 is 11.6 Å². The number of hydrogen-bond acceptors (Lipinski definition) is 7. The van der Waals surface area contributed by atoms with E-state index in [4.69, 9.17) is 46.7 Å². The SMILES string of the molecule is [N-]=[N+]=NCCOCCOCCCl.[N-]=[N+]=NCCOCCOCCO. The van der Waals surface area contributed by atoms with Crippen LogP contribution in [0.15, 0.2) is 10.2 Å². The van der Waals surface area contributed by atoms with Crippen molar-refractivity contribution in [3.63, 3.8) is 0 Å². The van der Waals surface area contributed by atoms with Crippen LogP contribution < -0.4 is 0 Å². The molecule has 0 bridgehead atoms. The second-order valence-electron chi connectivity index (χ2n) is 3.77. The number of aliphatic hydroxyl groups excluding tert-OH is 1. The molecule has 0 unspecified atom stereocenters. The number of halogens is 1. The number of ether oxygens (including phenoxy) is 4. The Kier molecular flexibility index (Phi) is 27.7. The predicted octanol–water partition coefficient (Wildman–Crippen LogP) is 1.89. The highest BCUT2D eigenvalue weighted by atomic mass is 35.5. The molecule has 0 aliphatic carbocycles. The minimum absolute atomic E-state index is 0.0265. The molecule has 1 N–H and O–H groups in total. The van der Waals surface area contributed by atoms with Gasteiger partial charge in [-0.15, -0.1) is 11.6 Å². The molecule has 11 nitrogen and oxygen atoms in total. The normalized spacial score (nSPS) is 9.42. The molecule has 0 aromatic rings. The van der Waals surface area contributed by atoms with Gasteiger partial charge in [0.15, 0.2) is 0 Å². The van der Waals surface area contributed by atoms with E-state index >= 15 is 0 Å². The highest BCUT2D eigenvalue weighted by molar-refractivity contribution is 6.17. The molecule has 0 spiro atoms. The van der Waals surface area contributed by atoms with Crippen LogP contribution in [-0.2, 0) is 18.9 Å². The van der Waals surface area contributed by atoms with E-state index in [1.165, 1.54) is 0 Å². The highest BCUT2D eigenvalue weighted by Crippen LogP contribution is 1.82. The second kappa shape index (κ2) is 26.6. The van der Waals surface area contributed by atoms with Crippen LogP contribution in [0.2, 0.25) is 0 Å². The first-order valence-corrected chi connectivity index (χ1v) is 7.86. The monoisotopic (exact) mass is 368 g/mol. The lowest BCUT2D eigenvalue weighted by atomic mass is 10.7. The Morgan fingerprint density at radius 3 is 1.50 bits per heavy atom. The van der Waals surface area contributed by atoms with Crippen molar-refractivity contribution in [2.24, 2.45) is 10.2 Å². The smallest absolute Gasteiger partial charge is 0.0701 e. The molecule has 0 aromatic carbocycles. The van der Waals surface area contributed by atoms with E-state index in [0.29, 0.717) is 71.8 Å². The molecule has 0 amide bonds. The summed E-state index contributed by atoms with van der Waals surface area (Å²) in [6, 6.07) is 0. The summed E-state index contributed by atoms with van der Waals surface area (Å²) in [6.45, 7) is 4.42. The molecule has 140 valence electrons. The average Bonchev–Trinajstić information content (AvgIpc) is 2.60. The summed E-state index contributed by atoms with van der Waals surface area (Å²) < 4.78 is 20.0. The third kappa shape index (κ3) is 28.8. The van der Waals surface area contributed by atoms with Gasteiger partial charge in [0, 0.05) is 28.8 Å². The summed E-state index contributed by atoms with van der Waals surface area (Å²) in [5, 5.41) is 14.9. The first-order valence-electron chi connectivity index (χ1n) is 7.33. The molecule has 0 aromatic heterocycles. The van der Waals surface area contributed by atoms with Gasteiger partial charge in [-0.05, 0) is 11.1 Å². The van der Waals surface area contributed by atoms with E-state index in [0.717, 1.165) is 0 Å². The lowest BCUT2D eigenvalue weighted by molar-refractivity contribution is 0.0354. The third-order valence-electron chi connectivity index (χ3n) is 2.00.